The van der Waals surface area contributed by atoms with Crippen LogP contribution in [0.2, 0.25) is 0 Å². The van der Waals surface area contributed by atoms with E-state index in [0.29, 0.717) is 0 Å². The second-order valence-electron chi connectivity index (χ2n) is 2.30. The van der Waals surface area contributed by atoms with Gasteiger partial charge in [0.1, 0.15) is 0 Å². The van der Waals surface area contributed by atoms with Crippen LogP contribution in [0.1, 0.15) is 0 Å². The van der Waals surface area contributed by atoms with Gasteiger partial charge in [-0.25, -0.2) is 4.98 Å². The van der Waals surface area contributed by atoms with E-state index in [1.807, 2.05) is 0 Å². The molecule has 0 N–H and O–H groups in total. The van der Waals surface area contributed by atoms with Crippen LogP contribution < -0.4 is 0 Å². The molecule has 2 aromatic rings. The maximum atomic E-state index is 12.9. The molecule has 60 valence electrons. The lowest BCUT2D eigenvalue weighted by Crippen LogP contribution is -1.94. The van der Waals surface area contributed by atoms with Crippen LogP contribution in [0.15, 0.2) is 24.3 Å². The smallest absolute Gasteiger partial charge is 0.202 e. The maximum absolute atomic E-state index is 12.9. The molecule has 0 radical (unpaired) electrons. The van der Waals surface area contributed by atoms with Gasteiger partial charge in [0.15, 0.2) is 0 Å². The molecular formula is C8H4F2N2. The fourth-order valence-corrected chi connectivity index (χ4v) is 1.01. The molecule has 12 heavy (non-hydrogen) atoms. The summed E-state index contributed by atoms with van der Waals surface area (Å²) in [6.07, 6.45) is -1.04. The van der Waals surface area contributed by atoms with Crippen LogP contribution in [0.25, 0.3) is 10.9 Å². The summed E-state index contributed by atoms with van der Waals surface area (Å²) in [5.74, 6) is -0.821. The van der Waals surface area contributed by atoms with Crippen LogP contribution >= 0.6 is 0 Å². The summed E-state index contributed by atoms with van der Waals surface area (Å²) in [5.41, 5.74) is 0.280. The van der Waals surface area contributed by atoms with Gasteiger partial charge < -0.3 is 0 Å². The number of fused-ring (bicyclic) bond motifs is 1. The largest absolute Gasteiger partial charge is 0.311 e. The fraction of sp³-hybridized carbons (Fsp3) is 0. The molecule has 0 atom stereocenters. The van der Waals surface area contributed by atoms with Crippen LogP contribution in [-0.4, -0.2) is 9.97 Å². The van der Waals surface area contributed by atoms with Gasteiger partial charge >= 0.3 is 6.08 Å². The Morgan fingerprint density at radius 1 is 1.00 bits per heavy atom. The SMILES string of the molecule is Fc1nc(F)c2ccccc2n1. The Balaban J connectivity index is 2.89. The molecule has 0 unspecified atom stereocenters. The standard InChI is InChI=1S/C8H4F2N2/c9-7-5-3-1-2-4-6(5)11-8(10)12-7/h1-4H. The highest BCUT2D eigenvalue weighted by molar-refractivity contribution is 5.77. The van der Waals surface area contributed by atoms with Crippen LogP contribution in [0.3, 0.4) is 0 Å². The van der Waals surface area contributed by atoms with Gasteiger partial charge in [0, 0.05) is 0 Å². The quantitative estimate of drug-likeness (QED) is 0.441. The van der Waals surface area contributed by atoms with Gasteiger partial charge in [-0.2, -0.15) is 13.8 Å². The molecule has 0 saturated carbocycles. The van der Waals surface area contributed by atoms with Crippen LogP contribution in [-0.2, 0) is 0 Å². The van der Waals surface area contributed by atoms with E-state index in [-0.39, 0.29) is 10.9 Å². The Hall–Kier alpha value is -1.58. The first-order valence-corrected chi connectivity index (χ1v) is 3.35. The van der Waals surface area contributed by atoms with Gasteiger partial charge in [-0.15, -0.1) is 0 Å². The molecule has 0 aliphatic rings. The summed E-state index contributed by atoms with van der Waals surface area (Å²) >= 11 is 0. The van der Waals surface area contributed by atoms with Crippen LogP contribution in [0, 0.1) is 12.0 Å². The third-order valence-electron chi connectivity index (χ3n) is 1.53. The maximum Gasteiger partial charge on any atom is 0.311 e. The van der Waals surface area contributed by atoms with Crippen molar-refractivity contribution in [3.63, 3.8) is 0 Å². The molecule has 1 aromatic heterocycles. The van der Waals surface area contributed by atoms with E-state index in [2.05, 4.69) is 9.97 Å². The molecule has 0 bridgehead atoms. The van der Waals surface area contributed by atoms with E-state index in [4.69, 9.17) is 0 Å². The first-order valence-electron chi connectivity index (χ1n) is 3.35. The van der Waals surface area contributed by atoms with E-state index >= 15 is 0 Å². The molecule has 0 saturated heterocycles. The second kappa shape index (κ2) is 2.48. The number of para-hydroxylation sites is 1. The molecule has 1 heterocycles. The lowest BCUT2D eigenvalue weighted by Gasteiger charge is -1.95. The topological polar surface area (TPSA) is 25.8 Å². The molecule has 0 amide bonds. The zero-order valence-corrected chi connectivity index (χ0v) is 5.96. The summed E-state index contributed by atoms with van der Waals surface area (Å²) in [7, 11) is 0. The van der Waals surface area contributed by atoms with Gasteiger partial charge in [0.05, 0.1) is 10.9 Å². The predicted octanol–water partition coefficient (Wildman–Crippen LogP) is 1.91. The van der Waals surface area contributed by atoms with Gasteiger partial charge in [-0.1, -0.05) is 12.1 Å². The van der Waals surface area contributed by atoms with E-state index < -0.39 is 12.0 Å². The summed E-state index contributed by atoms with van der Waals surface area (Å²) in [6.45, 7) is 0. The highest BCUT2D eigenvalue weighted by Crippen LogP contribution is 2.12. The Morgan fingerprint density at radius 2 is 1.75 bits per heavy atom. The third kappa shape index (κ3) is 1.01. The minimum absolute atomic E-state index is 0.235. The average molecular weight is 166 g/mol. The molecule has 0 spiro atoms. The minimum atomic E-state index is -1.04. The van der Waals surface area contributed by atoms with Crippen molar-refractivity contribution >= 4 is 10.9 Å². The Morgan fingerprint density at radius 3 is 2.58 bits per heavy atom. The highest BCUT2D eigenvalue weighted by Gasteiger charge is 2.04. The van der Waals surface area contributed by atoms with Gasteiger partial charge in [0.25, 0.3) is 0 Å². The van der Waals surface area contributed by atoms with Crippen molar-refractivity contribution in [2.75, 3.05) is 0 Å². The van der Waals surface area contributed by atoms with Crippen molar-refractivity contribution in [2.45, 2.75) is 0 Å². The van der Waals surface area contributed by atoms with Crippen molar-refractivity contribution in [3.8, 4) is 0 Å². The highest BCUT2D eigenvalue weighted by atomic mass is 19.1. The second-order valence-corrected chi connectivity index (χ2v) is 2.30. The molecule has 0 aliphatic carbocycles. The summed E-state index contributed by atoms with van der Waals surface area (Å²) < 4.78 is 25.3. The van der Waals surface area contributed by atoms with Gasteiger partial charge in [-0.05, 0) is 12.1 Å². The third-order valence-corrected chi connectivity index (χ3v) is 1.53. The van der Waals surface area contributed by atoms with Crippen molar-refractivity contribution < 1.29 is 8.78 Å². The van der Waals surface area contributed by atoms with Crippen molar-refractivity contribution in [1.29, 1.82) is 0 Å². The van der Waals surface area contributed by atoms with E-state index in [9.17, 15) is 8.78 Å². The van der Waals surface area contributed by atoms with Crippen molar-refractivity contribution in [1.82, 2.24) is 9.97 Å². The zero-order chi connectivity index (χ0) is 8.55. The molecule has 1 aromatic carbocycles. The predicted molar refractivity (Wildman–Crippen MR) is 39.5 cm³/mol. The first kappa shape index (κ1) is 7.09. The Kier molecular flexibility index (Phi) is 1.46. The lowest BCUT2D eigenvalue weighted by atomic mass is 10.2. The van der Waals surface area contributed by atoms with Gasteiger partial charge in [0.2, 0.25) is 5.95 Å². The molecule has 0 aliphatic heterocycles. The Bertz CT molecular complexity index is 428. The summed E-state index contributed by atoms with van der Waals surface area (Å²) in [4.78, 5) is 6.38. The van der Waals surface area contributed by atoms with Crippen LogP contribution in [0.5, 0.6) is 0 Å². The molecular weight excluding hydrogens is 162 g/mol. The fourth-order valence-electron chi connectivity index (χ4n) is 1.01. The van der Waals surface area contributed by atoms with E-state index in [0.717, 1.165) is 0 Å². The molecule has 0 fully saturated rings. The van der Waals surface area contributed by atoms with Gasteiger partial charge in [-0.3, -0.25) is 0 Å². The number of halogens is 2. The molecule has 2 nitrogen and oxygen atoms in total. The number of hydrogen-bond acceptors (Lipinski definition) is 2. The number of benzene rings is 1. The zero-order valence-electron chi connectivity index (χ0n) is 5.96. The number of aromatic nitrogens is 2. The monoisotopic (exact) mass is 166 g/mol. The first-order chi connectivity index (χ1) is 5.77. The van der Waals surface area contributed by atoms with Crippen LogP contribution in [0.4, 0.5) is 8.78 Å². The van der Waals surface area contributed by atoms with E-state index in [1.165, 1.54) is 12.1 Å². The van der Waals surface area contributed by atoms with Crippen molar-refractivity contribution in [3.05, 3.63) is 36.3 Å². The summed E-state index contributed by atoms with van der Waals surface area (Å²) in [5, 5.41) is 0.235. The number of rotatable bonds is 0. The van der Waals surface area contributed by atoms with Crippen molar-refractivity contribution in [2.24, 2.45) is 0 Å². The Labute approximate surface area is 66.9 Å². The average Bonchev–Trinajstić information content (AvgIpc) is 2.04. The minimum Gasteiger partial charge on any atom is -0.202 e. The lowest BCUT2D eigenvalue weighted by molar-refractivity contribution is 0.494. The normalized spacial score (nSPS) is 10.5. The number of nitrogens with zero attached hydrogens (tertiary/aromatic N) is 2. The number of hydrogen-bond donors (Lipinski definition) is 0. The summed E-state index contributed by atoms with van der Waals surface area (Å²) in [6, 6.07) is 6.34. The van der Waals surface area contributed by atoms with E-state index in [1.54, 1.807) is 12.1 Å². The molecule has 4 heteroatoms. The molecule has 2 rings (SSSR count).